The maximum atomic E-state index is 12.3. The number of amides is 1. The Balaban J connectivity index is 2.03. The summed E-state index contributed by atoms with van der Waals surface area (Å²) in [5.74, 6) is -0.281. The molecule has 0 radical (unpaired) electrons. The van der Waals surface area contributed by atoms with Crippen LogP contribution in [0, 0.1) is 6.92 Å². The van der Waals surface area contributed by atoms with Crippen LogP contribution in [0.1, 0.15) is 42.6 Å². The van der Waals surface area contributed by atoms with Crippen molar-refractivity contribution < 1.29 is 17.9 Å². The predicted molar refractivity (Wildman–Crippen MR) is 83.0 cm³/mol. The zero-order valence-corrected chi connectivity index (χ0v) is 13.8. The second kappa shape index (κ2) is 6.36. The molecule has 1 amide bonds. The Bertz CT molecular complexity index is 664. The minimum atomic E-state index is -3.83. The third-order valence-corrected chi connectivity index (χ3v) is 4.79. The molecule has 0 aliphatic heterocycles. The van der Waals surface area contributed by atoms with Crippen molar-refractivity contribution in [3.05, 3.63) is 29.3 Å². The number of benzene rings is 1. The molecule has 1 fully saturated rings. The molecule has 7 heteroatoms. The van der Waals surface area contributed by atoms with E-state index in [1.165, 1.54) is 12.1 Å². The van der Waals surface area contributed by atoms with E-state index in [1.54, 1.807) is 13.0 Å². The van der Waals surface area contributed by atoms with Crippen molar-refractivity contribution in [1.82, 2.24) is 5.32 Å². The van der Waals surface area contributed by atoms with Gasteiger partial charge < -0.3 is 10.1 Å². The molecule has 1 aliphatic carbocycles. The van der Waals surface area contributed by atoms with Crippen LogP contribution < -0.4 is 10.5 Å². The zero-order chi connectivity index (χ0) is 16.5. The highest BCUT2D eigenvalue weighted by atomic mass is 32.2. The van der Waals surface area contributed by atoms with Crippen LogP contribution in [0.2, 0.25) is 0 Å². The van der Waals surface area contributed by atoms with Crippen LogP contribution in [-0.4, -0.2) is 32.6 Å². The van der Waals surface area contributed by atoms with E-state index >= 15 is 0 Å². The van der Waals surface area contributed by atoms with Gasteiger partial charge in [-0.05, 0) is 51.3 Å². The van der Waals surface area contributed by atoms with Gasteiger partial charge in [-0.25, -0.2) is 13.6 Å². The molecule has 0 atom stereocenters. The van der Waals surface area contributed by atoms with Gasteiger partial charge >= 0.3 is 0 Å². The molecular formula is C15H22N2O4S. The van der Waals surface area contributed by atoms with E-state index in [4.69, 9.17) is 9.88 Å². The fourth-order valence-electron chi connectivity index (χ4n) is 2.61. The first-order chi connectivity index (χ1) is 10.2. The summed E-state index contributed by atoms with van der Waals surface area (Å²) in [6.07, 6.45) is 1.91. The van der Waals surface area contributed by atoms with E-state index in [9.17, 15) is 13.2 Å². The van der Waals surface area contributed by atoms with Crippen LogP contribution in [0.4, 0.5) is 0 Å². The molecule has 3 N–H and O–H groups in total. The van der Waals surface area contributed by atoms with Gasteiger partial charge in [-0.1, -0.05) is 6.07 Å². The summed E-state index contributed by atoms with van der Waals surface area (Å²) in [6.45, 7) is 5.54. The molecule has 1 aromatic rings. The summed E-state index contributed by atoms with van der Waals surface area (Å²) in [4.78, 5) is 12.3. The molecule has 0 saturated heterocycles. The van der Waals surface area contributed by atoms with Crippen LogP contribution in [0.3, 0.4) is 0 Å². The van der Waals surface area contributed by atoms with E-state index < -0.39 is 10.0 Å². The standard InChI is InChI=1S/C15H22N2O4S/c1-9(2)21-12-7-11(8-12)17-15(18)13-5-4-6-14(10(13)3)22(16,19)20/h4-6,9,11-12H,7-8H2,1-3H3,(H,17,18)(H2,16,19,20). The highest BCUT2D eigenvalue weighted by molar-refractivity contribution is 7.89. The zero-order valence-electron chi connectivity index (χ0n) is 13.0. The third kappa shape index (κ3) is 3.85. The lowest BCUT2D eigenvalue weighted by molar-refractivity contribution is -0.0482. The van der Waals surface area contributed by atoms with Gasteiger partial charge in [-0.15, -0.1) is 0 Å². The smallest absolute Gasteiger partial charge is 0.251 e. The number of nitrogens with one attached hydrogen (secondary N) is 1. The number of ether oxygens (including phenoxy) is 1. The van der Waals surface area contributed by atoms with Crippen LogP contribution in [0.25, 0.3) is 0 Å². The van der Waals surface area contributed by atoms with Gasteiger partial charge in [0, 0.05) is 11.6 Å². The molecule has 6 nitrogen and oxygen atoms in total. The second-order valence-electron chi connectivity index (χ2n) is 5.92. The second-order valence-corrected chi connectivity index (χ2v) is 7.45. The van der Waals surface area contributed by atoms with Gasteiger partial charge in [0.1, 0.15) is 0 Å². The fraction of sp³-hybridized carbons (Fsp3) is 0.533. The predicted octanol–water partition coefficient (Wildman–Crippen LogP) is 1.33. The first-order valence-electron chi connectivity index (χ1n) is 7.27. The quantitative estimate of drug-likeness (QED) is 0.852. The molecule has 0 heterocycles. The highest BCUT2D eigenvalue weighted by Gasteiger charge is 2.32. The Kier molecular flexibility index (Phi) is 4.89. The number of sulfonamides is 1. The molecule has 1 aromatic carbocycles. The Morgan fingerprint density at radius 3 is 2.55 bits per heavy atom. The summed E-state index contributed by atoms with van der Waals surface area (Å²) >= 11 is 0. The average molecular weight is 326 g/mol. The summed E-state index contributed by atoms with van der Waals surface area (Å²) in [5, 5.41) is 8.05. The summed E-state index contributed by atoms with van der Waals surface area (Å²) < 4.78 is 28.6. The fourth-order valence-corrected chi connectivity index (χ4v) is 3.42. The Hall–Kier alpha value is -1.44. The third-order valence-electron chi connectivity index (χ3n) is 3.73. The lowest BCUT2D eigenvalue weighted by Gasteiger charge is -2.36. The molecule has 0 aromatic heterocycles. The van der Waals surface area contributed by atoms with Crippen molar-refractivity contribution in [2.45, 2.75) is 56.8 Å². The minimum Gasteiger partial charge on any atom is -0.375 e. The molecule has 0 bridgehead atoms. The van der Waals surface area contributed by atoms with Gasteiger partial charge in [0.2, 0.25) is 10.0 Å². The molecule has 2 rings (SSSR count). The van der Waals surface area contributed by atoms with Crippen LogP contribution >= 0.6 is 0 Å². The van der Waals surface area contributed by atoms with E-state index in [0.717, 1.165) is 12.8 Å². The molecule has 1 saturated carbocycles. The van der Waals surface area contributed by atoms with Crippen molar-refractivity contribution in [2.24, 2.45) is 5.14 Å². The number of carbonyl (C=O) groups excluding carboxylic acids is 1. The van der Waals surface area contributed by atoms with Crippen LogP contribution in [-0.2, 0) is 14.8 Å². The monoisotopic (exact) mass is 326 g/mol. The topological polar surface area (TPSA) is 98.5 Å². The van der Waals surface area contributed by atoms with Crippen molar-refractivity contribution in [1.29, 1.82) is 0 Å². The Morgan fingerprint density at radius 1 is 1.36 bits per heavy atom. The average Bonchev–Trinajstić information content (AvgIpc) is 2.34. The summed E-state index contributed by atoms with van der Waals surface area (Å²) in [6, 6.07) is 4.58. The first-order valence-corrected chi connectivity index (χ1v) is 8.82. The SMILES string of the molecule is Cc1c(C(=O)NC2CC(OC(C)C)C2)cccc1S(N)(=O)=O. The van der Waals surface area contributed by atoms with Crippen molar-refractivity contribution >= 4 is 15.9 Å². The van der Waals surface area contributed by atoms with Gasteiger partial charge in [0.25, 0.3) is 5.91 Å². The maximum Gasteiger partial charge on any atom is 0.251 e. The summed E-state index contributed by atoms with van der Waals surface area (Å²) in [5.41, 5.74) is 0.705. The van der Waals surface area contributed by atoms with Crippen molar-refractivity contribution in [3.8, 4) is 0 Å². The van der Waals surface area contributed by atoms with Gasteiger partial charge in [0.15, 0.2) is 0 Å². The maximum absolute atomic E-state index is 12.3. The van der Waals surface area contributed by atoms with Crippen molar-refractivity contribution in [2.75, 3.05) is 0 Å². The Morgan fingerprint density at radius 2 is 2.00 bits per heavy atom. The number of carbonyl (C=O) groups is 1. The van der Waals surface area contributed by atoms with E-state index in [1.807, 2.05) is 13.8 Å². The molecule has 122 valence electrons. The lowest BCUT2D eigenvalue weighted by Crippen LogP contribution is -2.48. The van der Waals surface area contributed by atoms with E-state index in [2.05, 4.69) is 5.32 Å². The number of primary sulfonamides is 1. The largest absolute Gasteiger partial charge is 0.375 e. The van der Waals surface area contributed by atoms with E-state index in [-0.39, 0.29) is 29.1 Å². The lowest BCUT2D eigenvalue weighted by atomic mass is 9.88. The minimum absolute atomic E-state index is 0.0187. The van der Waals surface area contributed by atoms with Gasteiger partial charge in [-0.3, -0.25) is 4.79 Å². The summed E-state index contributed by atoms with van der Waals surface area (Å²) in [7, 11) is -3.83. The normalized spacial score (nSPS) is 21.5. The van der Waals surface area contributed by atoms with E-state index in [0.29, 0.717) is 11.1 Å². The first kappa shape index (κ1) is 16.9. The highest BCUT2D eigenvalue weighted by Crippen LogP contribution is 2.25. The molecular weight excluding hydrogens is 304 g/mol. The number of hydrogen-bond donors (Lipinski definition) is 2. The number of nitrogens with two attached hydrogens (primary N) is 1. The molecule has 0 unspecified atom stereocenters. The van der Waals surface area contributed by atoms with Gasteiger partial charge in [0.05, 0.1) is 17.1 Å². The number of hydrogen-bond acceptors (Lipinski definition) is 4. The van der Waals surface area contributed by atoms with Crippen LogP contribution in [0.5, 0.6) is 0 Å². The Labute approximate surface area is 131 Å². The molecule has 0 spiro atoms. The molecule has 22 heavy (non-hydrogen) atoms. The molecule has 1 aliphatic rings. The van der Waals surface area contributed by atoms with Gasteiger partial charge in [-0.2, -0.15) is 0 Å². The van der Waals surface area contributed by atoms with Crippen LogP contribution in [0.15, 0.2) is 23.1 Å². The van der Waals surface area contributed by atoms with Crippen molar-refractivity contribution in [3.63, 3.8) is 0 Å². The number of rotatable bonds is 5.